The number of allylic oxidation sites excluding steroid dienone is 1. The van der Waals surface area contributed by atoms with E-state index in [2.05, 4.69) is 4.99 Å². The number of isocyanates is 1. The molecule has 0 saturated carbocycles. The molecule has 0 fully saturated rings. The molecule has 0 atom stereocenters. The molecule has 0 aliphatic heterocycles. The number of rotatable bonds is 1. The average Bonchev–Trinajstić information content (AvgIpc) is 2.47. The fourth-order valence-electron chi connectivity index (χ4n) is 1.39. The summed E-state index contributed by atoms with van der Waals surface area (Å²) in [6, 6.07) is 8.02. The van der Waals surface area contributed by atoms with Gasteiger partial charge in [-0.15, -0.1) is 0 Å². The molecule has 0 aromatic heterocycles. The van der Waals surface area contributed by atoms with E-state index in [-0.39, 0.29) is 0 Å². The van der Waals surface area contributed by atoms with Crippen molar-refractivity contribution in [3.05, 3.63) is 41.1 Å². The Morgan fingerprint density at radius 1 is 1.33 bits per heavy atom. The van der Waals surface area contributed by atoms with Crippen LogP contribution < -0.4 is 0 Å². The van der Waals surface area contributed by atoms with Crippen molar-refractivity contribution in [3.63, 3.8) is 0 Å². The van der Waals surface area contributed by atoms with Crippen LogP contribution in [-0.2, 0) is 11.2 Å². The van der Waals surface area contributed by atoms with Gasteiger partial charge in [-0.1, -0.05) is 24.3 Å². The largest absolute Gasteiger partial charge is 0.240 e. The topological polar surface area (TPSA) is 29.4 Å². The van der Waals surface area contributed by atoms with Crippen molar-refractivity contribution in [1.82, 2.24) is 0 Å². The second-order valence-electron chi connectivity index (χ2n) is 2.71. The zero-order valence-electron chi connectivity index (χ0n) is 6.45. The quantitative estimate of drug-likeness (QED) is 0.452. The summed E-state index contributed by atoms with van der Waals surface area (Å²) in [5.41, 5.74) is 3.18. The minimum Gasteiger partial charge on any atom is -0.211 e. The molecule has 2 rings (SSSR count). The average molecular weight is 157 g/mol. The van der Waals surface area contributed by atoms with Gasteiger partial charge in [0.05, 0.1) is 5.70 Å². The lowest BCUT2D eigenvalue weighted by atomic mass is 10.1. The molecule has 1 aliphatic carbocycles. The lowest BCUT2D eigenvalue weighted by molar-refractivity contribution is 0.564. The number of hydrogen-bond acceptors (Lipinski definition) is 2. The van der Waals surface area contributed by atoms with Crippen molar-refractivity contribution in [3.8, 4) is 0 Å². The van der Waals surface area contributed by atoms with Crippen LogP contribution in [0.1, 0.15) is 11.1 Å². The van der Waals surface area contributed by atoms with Crippen molar-refractivity contribution < 1.29 is 4.79 Å². The molecule has 2 heteroatoms. The van der Waals surface area contributed by atoms with Gasteiger partial charge in [0, 0.05) is 6.42 Å². The van der Waals surface area contributed by atoms with Crippen LogP contribution in [0.25, 0.3) is 6.08 Å². The third-order valence-electron chi connectivity index (χ3n) is 1.94. The van der Waals surface area contributed by atoms with Gasteiger partial charge in [-0.2, -0.15) is 4.99 Å². The minimum absolute atomic E-state index is 0.755. The Hall–Kier alpha value is -1.66. The molecular formula is C10H7NO. The molecule has 1 aromatic carbocycles. The Labute approximate surface area is 70.3 Å². The van der Waals surface area contributed by atoms with Crippen LogP contribution in [0.5, 0.6) is 0 Å². The number of carbonyl (C=O) groups excluding carboxylic acids is 1. The Morgan fingerprint density at radius 2 is 2.17 bits per heavy atom. The molecule has 2 nitrogen and oxygen atoms in total. The summed E-state index contributed by atoms with van der Waals surface area (Å²) in [5, 5.41) is 0. The maximum Gasteiger partial charge on any atom is 0.240 e. The van der Waals surface area contributed by atoms with Crippen LogP contribution >= 0.6 is 0 Å². The number of fused-ring (bicyclic) bond motifs is 1. The highest BCUT2D eigenvalue weighted by Gasteiger charge is 2.10. The fourth-order valence-corrected chi connectivity index (χ4v) is 1.39. The molecule has 0 heterocycles. The number of nitrogens with zero attached hydrogens (tertiary/aromatic N) is 1. The van der Waals surface area contributed by atoms with Crippen LogP contribution in [0.15, 0.2) is 35.0 Å². The zero-order valence-corrected chi connectivity index (χ0v) is 6.45. The summed E-state index contributed by atoms with van der Waals surface area (Å²) in [6.07, 6.45) is 4.22. The lowest BCUT2D eigenvalue weighted by Crippen LogP contribution is -1.80. The van der Waals surface area contributed by atoms with Gasteiger partial charge in [0.15, 0.2) is 0 Å². The van der Waals surface area contributed by atoms with E-state index >= 15 is 0 Å². The zero-order chi connectivity index (χ0) is 8.39. The van der Waals surface area contributed by atoms with Gasteiger partial charge in [-0.3, -0.25) is 0 Å². The molecule has 0 saturated heterocycles. The minimum atomic E-state index is 0.755. The van der Waals surface area contributed by atoms with E-state index in [9.17, 15) is 4.79 Å². The van der Waals surface area contributed by atoms with Crippen LogP contribution in [0, 0.1) is 0 Å². The predicted molar refractivity (Wildman–Crippen MR) is 46.2 cm³/mol. The number of aliphatic imine (C=N–C) groups is 1. The van der Waals surface area contributed by atoms with Gasteiger partial charge in [-0.05, 0) is 17.2 Å². The second-order valence-corrected chi connectivity index (χ2v) is 2.71. The van der Waals surface area contributed by atoms with Crippen molar-refractivity contribution in [2.45, 2.75) is 6.42 Å². The maximum atomic E-state index is 9.98. The smallest absolute Gasteiger partial charge is 0.211 e. The molecule has 0 spiro atoms. The summed E-state index contributed by atoms with van der Waals surface area (Å²) >= 11 is 0. The molecule has 1 aromatic rings. The highest BCUT2D eigenvalue weighted by Crippen LogP contribution is 2.24. The van der Waals surface area contributed by atoms with Crippen LogP contribution in [-0.4, -0.2) is 6.08 Å². The van der Waals surface area contributed by atoms with Crippen molar-refractivity contribution in [2.24, 2.45) is 4.99 Å². The molecule has 12 heavy (non-hydrogen) atoms. The SMILES string of the molecule is O=C=NC1=Cc2ccccc2C1. The first-order valence-electron chi connectivity index (χ1n) is 3.76. The molecule has 58 valence electrons. The summed E-state index contributed by atoms with van der Waals surface area (Å²) < 4.78 is 0. The summed E-state index contributed by atoms with van der Waals surface area (Å²) in [5.74, 6) is 0. The first-order valence-corrected chi connectivity index (χ1v) is 3.76. The summed E-state index contributed by atoms with van der Waals surface area (Å²) in [6.45, 7) is 0. The van der Waals surface area contributed by atoms with E-state index in [0.717, 1.165) is 17.7 Å². The first kappa shape index (κ1) is 7.01. The van der Waals surface area contributed by atoms with Gasteiger partial charge in [0.1, 0.15) is 0 Å². The van der Waals surface area contributed by atoms with Crippen LogP contribution in [0.2, 0.25) is 0 Å². The molecule has 1 aliphatic rings. The van der Waals surface area contributed by atoms with E-state index < -0.39 is 0 Å². The van der Waals surface area contributed by atoms with Crippen molar-refractivity contribution in [1.29, 1.82) is 0 Å². The van der Waals surface area contributed by atoms with Gasteiger partial charge < -0.3 is 0 Å². The number of benzene rings is 1. The van der Waals surface area contributed by atoms with E-state index in [0.29, 0.717) is 0 Å². The summed E-state index contributed by atoms with van der Waals surface area (Å²) in [4.78, 5) is 13.6. The monoisotopic (exact) mass is 157 g/mol. The maximum absolute atomic E-state index is 9.98. The van der Waals surface area contributed by atoms with Crippen LogP contribution in [0.4, 0.5) is 0 Å². The summed E-state index contributed by atoms with van der Waals surface area (Å²) in [7, 11) is 0. The predicted octanol–water partition coefficient (Wildman–Crippen LogP) is 1.92. The highest BCUT2D eigenvalue weighted by molar-refractivity contribution is 5.64. The molecule has 0 N–H and O–H groups in total. The van der Waals surface area contributed by atoms with Crippen molar-refractivity contribution >= 4 is 12.2 Å². The first-order chi connectivity index (χ1) is 5.90. The molecule has 0 amide bonds. The van der Waals surface area contributed by atoms with Gasteiger partial charge >= 0.3 is 0 Å². The Bertz CT molecular complexity index is 387. The van der Waals surface area contributed by atoms with E-state index in [4.69, 9.17) is 0 Å². The highest BCUT2D eigenvalue weighted by atomic mass is 16.1. The van der Waals surface area contributed by atoms with E-state index in [1.807, 2.05) is 30.3 Å². The standard InChI is InChI=1S/C10H7NO/c12-7-11-10-5-8-3-1-2-4-9(8)6-10/h1-5H,6H2. The van der Waals surface area contributed by atoms with Crippen LogP contribution in [0.3, 0.4) is 0 Å². The van der Waals surface area contributed by atoms with E-state index in [1.165, 1.54) is 5.56 Å². The molecule has 0 bridgehead atoms. The van der Waals surface area contributed by atoms with Crippen molar-refractivity contribution in [2.75, 3.05) is 0 Å². The molecule has 0 unspecified atom stereocenters. The molecular weight excluding hydrogens is 150 g/mol. The number of hydrogen-bond donors (Lipinski definition) is 0. The Morgan fingerprint density at radius 3 is 2.92 bits per heavy atom. The van der Waals surface area contributed by atoms with Gasteiger partial charge in [0.2, 0.25) is 6.08 Å². The van der Waals surface area contributed by atoms with Gasteiger partial charge in [-0.25, -0.2) is 4.79 Å². The Balaban J connectivity index is 2.41. The second kappa shape index (κ2) is 2.76. The lowest BCUT2D eigenvalue weighted by Gasteiger charge is -1.93. The van der Waals surface area contributed by atoms with Gasteiger partial charge in [0.25, 0.3) is 0 Å². The van der Waals surface area contributed by atoms with E-state index in [1.54, 1.807) is 6.08 Å². The molecule has 0 radical (unpaired) electrons. The normalized spacial score (nSPS) is 13.2. The third-order valence-corrected chi connectivity index (χ3v) is 1.94. The third kappa shape index (κ3) is 1.09. The Kier molecular flexibility index (Phi) is 1.61. The fraction of sp³-hybridized carbons (Fsp3) is 0.100.